The number of anilines is 1. The lowest BCUT2D eigenvalue weighted by Crippen LogP contribution is -2.60. The highest BCUT2D eigenvalue weighted by Crippen LogP contribution is 2.47. The van der Waals surface area contributed by atoms with Crippen LogP contribution in [-0.4, -0.2) is 113 Å². The van der Waals surface area contributed by atoms with Gasteiger partial charge in [0.05, 0.1) is 46.5 Å². The van der Waals surface area contributed by atoms with Crippen molar-refractivity contribution in [3.63, 3.8) is 0 Å². The molecule has 53 heavy (non-hydrogen) atoms. The predicted molar refractivity (Wildman–Crippen MR) is 200 cm³/mol. The first-order valence-electron chi connectivity index (χ1n) is 18.4. The topological polar surface area (TPSA) is 178 Å². The maximum Gasteiger partial charge on any atom is 0.256 e. The van der Waals surface area contributed by atoms with E-state index in [1.165, 1.54) is 10.8 Å². The smallest absolute Gasteiger partial charge is 0.256 e. The van der Waals surface area contributed by atoms with Gasteiger partial charge in [-0.3, -0.25) is 9.59 Å². The number of aryl methyl sites for hydroxylation is 1. The van der Waals surface area contributed by atoms with Crippen LogP contribution >= 0.6 is 0 Å². The second-order valence-electron chi connectivity index (χ2n) is 15.2. The zero-order chi connectivity index (χ0) is 38.0. The highest BCUT2D eigenvalue weighted by molar-refractivity contribution is 6.91. The molecule has 0 bridgehead atoms. The molecule has 3 aliphatic heterocycles. The van der Waals surface area contributed by atoms with Gasteiger partial charge in [0.1, 0.15) is 24.1 Å². The normalized spacial score (nSPS) is 30.1. The Morgan fingerprint density at radius 3 is 2.23 bits per heavy atom. The summed E-state index contributed by atoms with van der Waals surface area (Å²) in [7, 11) is -0.573. The van der Waals surface area contributed by atoms with E-state index in [4.69, 9.17) is 14.2 Å². The van der Waals surface area contributed by atoms with Crippen molar-refractivity contribution in [3.05, 3.63) is 89.5 Å². The maximum absolute atomic E-state index is 14.1. The van der Waals surface area contributed by atoms with Crippen LogP contribution in [0.15, 0.2) is 72.8 Å². The zero-order valence-electron chi connectivity index (χ0n) is 30.7. The van der Waals surface area contributed by atoms with E-state index in [0.717, 1.165) is 23.3 Å². The summed E-state index contributed by atoms with van der Waals surface area (Å²) in [5, 5.41) is 53.9. The molecule has 3 aliphatic rings. The van der Waals surface area contributed by atoms with E-state index in [2.05, 4.69) is 49.6 Å². The molecule has 12 nitrogen and oxygen atoms in total. The summed E-state index contributed by atoms with van der Waals surface area (Å²) < 4.78 is 17.4. The minimum absolute atomic E-state index is 0.00934. The number of benzene rings is 3. The van der Waals surface area contributed by atoms with Crippen LogP contribution in [0.3, 0.4) is 0 Å². The molecule has 13 heteroatoms. The van der Waals surface area contributed by atoms with Gasteiger partial charge >= 0.3 is 0 Å². The molecule has 3 heterocycles. The lowest BCUT2D eigenvalue weighted by molar-refractivity contribution is -0.274. The molecule has 6 rings (SSSR count). The zero-order valence-corrected chi connectivity index (χ0v) is 31.7. The maximum atomic E-state index is 14.1. The first-order chi connectivity index (χ1) is 25.3. The molecule has 2 fully saturated rings. The number of carbonyl (C=O) groups excluding carboxylic acids is 2. The van der Waals surface area contributed by atoms with Crippen LogP contribution in [-0.2, 0) is 38.4 Å². The van der Waals surface area contributed by atoms with Gasteiger partial charge in [-0.25, -0.2) is 0 Å². The van der Waals surface area contributed by atoms with Crippen LogP contribution in [0.5, 0.6) is 5.75 Å². The summed E-state index contributed by atoms with van der Waals surface area (Å²) in [5.41, 5.74) is 3.86. The Bertz CT molecular complexity index is 1720. The van der Waals surface area contributed by atoms with Crippen LogP contribution in [0.4, 0.5) is 5.69 Å². The summed E-state index contributed by atoms with van der Waals surface area (Å²) in [4.78, 5) is 28.8. The molecule has 3 aromatic rings. The Balaban J connectivity index is 1.15. The molecule has 0 unspecified atom stereocenters. The van der Waals surface area contributed by atoms with E-state index in [9.17, 15) is 35.1 Å². The first kappa shape index (κ1) is 39.0. The van der Waals surface area contributed by atoms with Crippen molar-refractivity contribution in [2.24, 2.45) is 5.92 Å². The molecule has 0 saturated carbocycles. The number of ether oxygens (including phenoxy) is 3. The number of fused-ring (bicyclic) bond motifs is 1. The summed E-state index contributed by atoms with van der Waals surface area (Å²) in [5.74, 6) is 0.182. The number of rotatable bonds is 11. The Labute approximate surface area is 311 Å². The van der Waals surface area contributed by atoms with Crippen LogP contribution in [0.1, 0.15) is 36.5 Å². The quantitative estimate of drug-likeness (QED) is 0.159. The third-order valence-electron chi connectivity index (χ3n) is 11.6. The van der Waals surface area contributed by atoms with Crippen LogP contribution in [0.2, 0.25) is 18.6 Å². The number of carbonyl (C=O) groups is 2. The number of methoxy groups -OCH3 is 1. The molecule has 0 spiro atoms. The minimum atomic E-state index is -2.23. The minimum Gasteiger partial charge on any atom is -0.497 e. The number of aliphatic hydroxyl groups is 5. The van der Waals surface area contributed by atoms with Crippen LogP contribution in [0.25, 0.3) is 0 Å². The van der Waals surface area contributed by atoms with Gasteiger partial charge in [-0.1, -0.05) is 73.7 Å². The number of amides is 2. The molecule has 2 amide bonds. The molecule has 286 valence electrons. The Hall–Kier alpha value is -3.66. The molecule has 0 aromatic heterocycles. The van der Waals surface area contributed by atoms with Crippen molar-refractivity contribution in [1.82, 2.24) is 4.90 Å². The van der Waals surface area contributed by atoms with Gasteiger partial charge in [0, 0.05) is 12.2 Å². The first-order valence-corrected chi connectivity index (χ1v) is 21.4. The lowest BCUT2D eigenvalue weighted by atomic mass is 9.93. The van der Waals surface area contributed by atoms with Crippen molar-refractivity contribution in [3.8, 4) is 5.75 Å². The molecular formula is C40H52N2O10Si. The predicted octanol–water partition coefficient (Wildman–Crippen LogP) is 2.09. The highest BCUT2D eigenvalue weighted by atomic mass is 28.3. The second-order valence-corrected chi connectivity index (χ2v) is 19.9. The van der Waals surface area contributed by atoms with Crippen LogP contribution < -0.4 is 15.2 Å². The van der Waals surface area contributed by atoms with E-state index >= 15 is 0 Å². The summed E-state index contributed by atoms with van der Waals surface area (Å²) in [6.07, 6.45) is -6.69. The molecule has 10 atom stereocenters. The van der Waals surface area contributed by atoms with Gasteiger partial charge in [0.2, 0.25) is 5.91 Å². The Morgan fingerprint density at radius 2 is 1.57 bits per heavy atom. The van der Waals surface area contributed by atoms with E-state index < -0.39 is 44.7 Å². The molecule has 0 aliphatic carbocycles. The van der Waals surface area contributed by atoms with Gasteiger partial charge < -0.3 is 50.0 Å². The SMILES string of the molecule is COc1ccc([Si](C)(C)[C@H]2[C@H](C)[C@H](CCc3ccc(NC(=O)[C@H]4O[C@@H](O)[C@H](O)[C@@H](O)[C@@H]4O)cc3)O[C@@H]2CC(=O)N2Cc3ccccc3C[C@H]2CO)cc1. The van der Waals surface area contributed by atoms with Crippen molar-refractivity contribution in [2.75, 3.05) is 19.0 Å². The van der Waals surface area contributed by atoms with Gasteiger partial charge in [-0.05, 0) is 71.7 Å². The Morgan fingerprint density at radius 1 is 0.887 bits per heavy atom. The number of nitrogens with one attached hydrogen (secondary N) is 1. The molecular weight excluding hydrogens is 697 g/mol. The van der Waals surface area contributed by atoms with Crippen molar-refractivity contribution in [2.45, 2.75) is 107 Å². The van der Waals surface area contributed by atoms with Crippen molar-refractivity contribution < 1.29 is 49.3 Å². The van der Waals surface area contributed by atoms with Gasteiger partial charge in [0.25, 0.3) is 5.91 Å². The van der Waals surface area contributed by atoms with E-state index in [0.29, 0.717) is 25.1 Å². The third-order valence-corrected chi connectivity index (χ3v) is 16.0. The number of aliphatic hydroxyl groups excluding tert-OH is 5. The average molecular weight is 749 g/mol. The third kappa shape index (κ3) is 8.22. The fourth-order valence-corrected chi connectivity index (χ4v) is 12.6. The van der Waals surface area contributed by atoms with Gasteiger partial charge in [-0.15, -0.1) is 0 Å². The Kier molecular flexibility index (Phi) is 12.1. The monoisotopic (exact) mass is 748 g/mol. The number of nitrogens with zero attached hydrogens (tertiary/aromatic N) is 1. The number of hydrogen-bond acceptors (Lipinski definition) is 10. The molecule has 3 aromatic carbocycles. The summed E-state index contributed by atoms with van der Waals surface area (Å²) in [6, 6.07) is 23.3. The van der Waals surface area contributed by atoms with Crippen molar-refractivity contribution in [1.29, 1.82) is 0 Å². The largest absolute Gasteiger partial charge is 0.497 e. The number of hydrogen-bond donors (Lipinski definition) is 6. The fraction of sp³-hybridized carbons (Fsp3) is 0.500. The summed E-state index contributed by atoms with van der Waals surface area (Å²) in [6.45, 7) is 7.30. The van der Waals surface area contributed by atoms with Crippen molar-refractivity contribution >= 4 is 30.8 Å². The fourth-order valence-electron chi connectivity index (χ4n) is 8.53. The highest BCUT2D eigenvalue weighted by Gasteiger charge is 2.51. The second kappa shape index (κ2) is 16.4. The molecule has 0 radical (unpaired) electrons. The summed E-state index contributed by atoms with van der Waals surface area (Å²) >= 11 is 0. The molecule has 2 saturated heterocycles. The standard InChI is InChI=1S/C40H52N2O10Si/c1-23-31(18-11-24-9-12-27(13-10-24)41-39(48)37-35(46)34(45)36(47)40(49)52-37)51-32(38(23)53(3,4)30-16-14-29(50-2)15-17-30)20-33(44)42-21-26-8-6-5-7-25(26)19-28(42)22-43/h5-10,12-17,23,28,31-32,34-38,40,43,45-47,49H,11,18-22H2,1-4H3,(H,41,48)/t23-,28+,31+,32-,34+,35+,36-,37+,38+,40-/m1/s1. The average Bonchev–Trinajstić information content (AvgIpc) is 3.48. The van der Waals surface area contributed by atoms with E-state index in [1.807, 2.05) is 41.3 Å². The molecule has 6 N–H and O–H groups in total. The van der Waals surface area contributed by atoms with Gasteiger partial charge in [0.15, 0.2) is 12.4 Å². The van der Waals surface area contributed by atoms with Gasteiger partial charge in [-0.2, -0.15) is 0 Å². The lowest BCUT2D eigenvalue weighted by Gasteiger charge is -2.39. The van der Waals surface area contributed by atoms with Crippen LogP contribution in [0, 0.1) is 5.92 Å². The van der Waals surface area contributed by atoms with E-state index in [1.54, 1.807) is 19.2 Å². The van der Waals surface area contributed by atoms with E-state index in [-0.39, 0.29) is 48.6 Å².